The molecule has 0 saturated heterocycles. The van der Waals surface area contributed by atoms with E-state index >= 15 is 0 Å². The number of hydrogen-bond acceptors (Lipinski definition) is 2. The van der Waals surface area contributed by atoms with Gasteiger partial charge in [-0.3, -0.25) is 4.68 Å². The summed E-state index contributed by atoms with van der Waals surface area (Å²) in [6.45, 7) is 0. The first-order chi connectivity index (χ1) is 7.59. The molecule has 2 N–H and O–H groups in total. The number of nitrogens with two attached hydrogens (primary N) is 1. The van der Waals surface area contributed by atoms with E-state index in [1.807, 2.05) is 11.7 Å². The van der Waals surface area contributed by atoms with Crippen molar-refractivity contribution < 1.29 is 0 Å². The summed E-state index contributed by atoms with van der Waals surface area (Å²) >= 11 is 3.52. The maximum Gasteiger partial charge on any atom is 0.136 e. The molecule has 1 fully saturated rings. The Labute approximate surface area is 103 Å². The van der Waals surface area contributed by atoms with Crippen LogP contribution in [0.4, 0.5) is 0 Å². The molecule has 1 heterocycles. The van der Waals surface area contributed by atoms with E-state index < -0.39 is 0 Å². The van der Waals surface area contributed by atoms with Crippen molar-refractivity contribution in [3.63, 3.8) is 0 Å². The van der Waals surface area contributed by atoms with E-state index in [9.17, 15) is 0 Å². The van der Waals surface area contributed by atoms with Crippen LogP contribution in [0.2, 0.25) is 0 Å². The molecule has 0 radical (unpaired) electrons. The summed E-state index contributed by atoms with van der Waals surface area (Å²) in [5, 5.41) is 5.60. The Morgan fingerprint density at radius 2 is 2.25 bits per heavy atom. The van der Waals surface area contributed by atoms with Crippen LogP contribution in [0, 0.1) is 0 Å². The van der Waals surface area contributed by atoms with Crippen LogP contribution in [-0.2, 0) is 13.5 Å². The molecule has 0 aliphatic heterocycles. The number of nitrogens with zero attached hydrogens (tertiary/aromatic N) is 2. The maximum atomic E-state index is 6.18. The minimum atomic E-state index is 0.0452. The van der Waals surface area contributed by atoms with Gasteiger partial charge in [-0.2, -0.15) is 5.10 Å². The molecular formula is C12H14BrN3. The second kappa shape index (κ2) is 3.31. The standard InChI is InChI=1S/C12H14BrN3/c1-16-9-4-2-3-8(7-12(14)5-6-12)10(9)11(13)15-16/h2-4H,5-7,14H2,1H3. The highest BCUT2D eigenvalue weighted by Gasteiger charge is 2.38. The quantitative estimate of drug-likeness (QED) is 0.917. The van der Waals surface area contributed by atoms with Gasteiger partial charge in [-0.25, -0.2) is 0 Å². The van der Waals surface area contributed by atoms with Gasteiger partial charge < -0.3 is 5.73 Å². The smallest absolute Gasteiger partial charge is 0.136 e. The first-order valence-electron chi connectivity index (χ1n) is 5.48. The zero-order valence-electron chi connectivity index (χ0n) is 9.20. The van der Waals surface area contributed by atoms with Gasteiger partial charge in [0, 0.05) is 18.0 Å². The maximum absolute atomic E-state index is 6.18. The molecule has 0 bridgehead atoms. The van der Waals surface area contributed by atoms with E-state index in [1.165, 1.54) is 10.9 Å². The van der Waals surface area contributed by atoms with Crippen LogP contribution < -0.4 is 5.73 Å². The molecule has 16 heavy (non-hydrogen) atoms. The monoisotopic (exact) mass is 279 g/mol. The van der Waals surface area contributed by atoms with Gasteiger partial charge in [0.05, 0.1) is 5.52 Å². The van der Waals surface area contributed by atoms with E-state index in [-0.39, 0.29) is 5.54 Å². The molecule has 0 amide bonds. The van der Waals surface area contributed by atoms with Crippen molar-refractivity contribution in [2.24, 2.45) is 12.8 Å². The van der Waals surface area contributed by atoms with Gasteiger partial charge in [-0.15, -0.1) is 0 Å². The minimum absolute atomic E-state index is 0.0452. The van der Waals surface area contributed by atoms with E-state index in [2.05, 4.69) is 39.2 Å². The molecule has 2 aromatic rings. The molecular weight excluding hydrogens is 266 g/mol. The molecule has 3 nitrogen and oxygen atoms in total. The van der Waals surface area contributed by atoms with Crippen molar-refractivity contribution in [3.8, 4) is 0 Å². The summed E-state index contributed by atoms with van der Waals surface area (Å²) in [7, 11) is 1.96. The van der Waals surface area contributed by atoms with Crippen molar-refractivity contribution in [3.05, 3.63) is 28.4 Å². The van der Waals surface area contributed by atoms with Crippen molar-refractivity contribution in [2.45, 2.75) is 24.8 Å². The third kappa shape index (κ3) is 1.57. The first kappa shape index (κ1) is 10.3. The van der Waals surface area contributed by atoms with Crippen LogP contribution in [0.15, 0.2) is 22.8 Å². The third-order valence-electron chi connectivity index (χ3n) is 3.36. The predicted molar refractivity (Wildman–Crippen MR) is 68.3 cm³/mol. The zero-order chi connectivity index (χ0) is 11.3. The Hall–Kier alpha value is -0.870. The van der Waals surface area contributed by atoms with E-state index in [0.29, 0.717) is 0 Å². The number of benzene rings is 1. The summed E-state index contributed by atoms with van der Waals surface area (Å²) in [5.74, 6) is 0. The second-order valence-corrected chi connectivity index (χ2v) is 5.52. The van der Waals surface area contributed by atoms with Gasteiger partial charge in [0.25, 0.3) is 0 Å². The Kier molecular flexibility index (Phi) is 2.13. The molecule has 1 aliphatic carbocycles. The topological polar surface area (TPSA) is 43.8 Å². The van der Waals surface area contributed by atoms with Crippen molar-refractivity contribution in [2.75, 3.05) is 0 Å². The summed E-state index contributed by atoms with van der Waals surface area (Å²) in [4.78, 5) is 0. The van der Waals surface area contributed by atoms with Crippen LogP contribution in [0.5, 0.6) is 0 Å². The average molecular weight is 280 g/mol. The number of rotatable bonds is 2. The largest absolute Gasteiger partial charge is 0.325 e. The zero-order valence-corrected chi connectivity index (χ0v) is 10.8. The number of aromatic nitrogens is 2. The highest BCUT2D eigenvalue weighted by molar-refractivity contribution is 9.10. The lowest BCUT2D eigenvalue weighted by molar-refractivity contribution is 0.675. The lowest BCUT2D eigenvalue weighted by Gasteiger charge is -2.09. The number of hydrogen-bond donors (Lipinski definition) is 1. The second-order valence-electron chi connectivity index (χ2n) is 4.76. The molecule has 1 saturated carbocycles. The minimum Gasteiger partial charge on any atom is -0.325 e. The number of fused-ring (bicyclic) bond motifs is 1. The summed E-state index contributed by atoms with van der Waals surface area (Å²) in [6.07, 6.45) is 3.23. The molecule has 0 spiro atoms. The summed E-state index contributed by atoms with van der Waals surface area (Å²) in [5.41, 5.74) is 8.69. The molecule has 4 heteroatoms. The molecule has 1 aromatic carbocycles. The third-order valence-corrected chi connectivity index (χ3v) is 3.91. The highest BCUT2D eigenvalue weighted by atomic mass is 79.9. The van der Waals surface area contributed by atoms with Gasteiger partial charge >= 0.3 is 0 Å². The van der Waals surface area contributed by atoms with Crippen molar-refractivity contribution >= 4 is 26.8 Å². The van der Waals surface area contributed by atoms with Crippen LogP contribution in [0.3, 0.4) is 0 Å². The van der Waals surface area contributed by atoms with Crippen LogP contribution in [-0.4, -0.2) is 15.3 Å². The lowest BCUT2D eigenvalue weighted by Crippen LogP contribution is -2.24. The molecule has 3 rings (SSSR count). The van der Waals surface area contributed by atoms with Gasteiger partial charge in [0.1, 0.15) is 4.60 Å². The van der Waals surface area contributed by atoms with Gasteiger partial charge in [0.15, 0.2) is 0 Å². The summed E-state index contributed by atoms with van der Waals surface area (Å²) in [6, 6.07) is 6.33. The fourth-order valence-corrected chi connectivity index (χ4v) is 2.89. The molecule has 84 valence electrons. The highest BCUT2D eigenvalue weighted by Crippen LogP contribution is 2.38. The fraction of sp³-hybridized carbons (Fsp3) is 0.417. The Morgan fingerprint density at radius 3 is 2.94 bits per heavy atom. The Bertz CT molecular complexity index is 555. The molecule has 0 atom stereocenters. The Morgan fingerprint density at radius 1 is 1.50 bits per heavy atom. The summed E-state index contributed by atoms with van der Waals surface area (Å²) < 4.78 is 2.82. The SMILES string of the molecule is Cn1nc(Br)c2c(CC3(N)CC3)cccc21. The van der Waals surface area contributed by atoms with Gasteiger partial charge in [-0.05, 0) is 46.8 Å². The number of halogens is 1. The molecule has 1 aliphatic rings. The van der Waals surface area contributed by atoms with Crippen molar-refractivity contribution in [1.82, 2.24) is 9.78 Å². The van der Waals surface area contributed by atoms with Crippen LogP contribution in [0.25, 0.3) is 10.9 Å². The van der Waals surface area contributed by atoms with Crippen LogP contribution >= 0.6 is 15.9 Å². The average Bonchev–Trinajstić information content (AvgIpc) is 2.87. The fourth-order valence-electron chi connectivity index (χ4n) is 2.19. The van der Waals surface area contributed by atoms with E-state index in [0.717, 1.165) is 29.4 Å². The van der Waals surface area contributed by atoms with E-state index in [4.69, 9.17) is 5.73 Å². The Balaban J connectivity index is 2.16. The van der Waals surface area contributed by atoms with Crippen LogP contribution in [0.1, 0.15) is 18.4 Å². The van der Waals surface area contributed by atoms with Gasteiger partial charge in [-0.1, -0.05) is 12.1 Å². The molecule has 1 aromatic heterocycles. The molecule has 0 unspecified atom stereocenters. The van der Waals surface area contributed by atoms with E-state index in [1.54, 1.807) is 0 Å². The normalized spacial score (nSPS) is 17.9. The number of aryl methyl sites for hydroxylation is 1. The predicted octanol–water partition coefficient (Wildman–Crippen LogP) is 2.37. The van der Waals surface area contributed by atoms with Crippen molar-refractivity contribution in [1.29, 1.82) is 0 Å². The van der Waals surface area contributed by atoms with Gasteiger partial charge in [0.2, 0.25) is 0 Å². The first-order valence-corrected chi connectivity index (χ1v) is 6.27. The lowest BCUT2D eigenvalue weighted by atomic mass is 10.0.